The Hall–Kier alpha value is -2.88. The van der Waals surface area contributed by atoms with Crippen molar-refractivity contribution in [2.45, 2.75) is 19.9 Å². The van der Waals surface area contributed by atoms with Crippen LogP contribution in [0.5, 0.6) is 0 Å². The van der Waals surface area contributed by atoms with E-state index in [9.17, 15) is 18.0 Å². The number of nitrogens with one attached hydrogen (secondary N) is 1. The van der Waals surface area contributed by atoms with Crippen LogP contribution in [0.25, 0.3) is 0 Å². The Morgan fingerprint density at radius 3 is 2.69 bits per heavy atom. The van der Waals surface area contributed by atoms with E-state index >= 15 is 0 Å². The summed E-state index contributed by atoms with van der Waals surface area (Å²) in [6.45, 7) is 1.87. The molecular weight excluding hydrogens is 360 g/mol. The molecule has 1 aliphatic heterocycles. The van der Waals surface area contributed by atoms with E-state index in [0.717, 1.165) is 0 Å². The van der Waals surface area contributed by atoms with Crippen LogP contribution in [-0.4, -0.2) is 47.5 Å². The van der Waals surface area contributed by atoms with E-state index in [0.29, 0.717) is 29.8 Å². The molecule has 3 rings (SSSR count). The number of carbonyl (C=O) groups excluding carboxylic acids is 1. The van der Waals surface area contributed by atoms with E-state index in [4.69, 9.17) is 5.11 Å². The van der Waals surface area contributed by atoms with Crippen LogP contribution in [0.1, 0.15) is 22.3 Å². The lowest BCUT2D eigenvalue weighted by atomic mass is 10.1. The molecule has 1 aromatic carbocycles. The topological polar surface area (TPSA) is 122 Å². The minimum atomic E-state index is -3.27. The highest BCUT2D eigenvalue weighted by atomic mass is 32.2. The van der Waals surface area contributed by atoms with Crippen molar-refractivity contribution in [1.29, 1.82) is 0 Å². The van der Waals surface area contributed by atoms with Crippen molar-refractivity contribution in [3.05, 3.63) is 41.6 Å². The highest BCUT2D eigenvalue weighted by molar-refractivity contribution is 7.93. The summed E-state index contributed by atoms with van der Waals surface area (Å²) in [6.07, 6.45) is 2.04. The van der Waals surface area contributed by atoms with Gasteiger partial charge in [0, 0.05) is 24.4 Å². The van der Waals surface area contributed by atoms with Gasteiger partial charge in [0.1, 0.15) is 6.54 Å². The molecule has 2 aromatic rings. The summed E-state index contributed by atoms with van der Waals surface area (Å²) in [5, 5.41) is 15.3. The third kappa shape index (κ3) is 3.69. The molecule has 1 saturated heterocycles. The number of rotatable bonds is 5. The molecule has 1 amide bonds. The number of hydrogen-bond acceptors (Lipinski definition) is 5. The quantitative estimate of drug-likeness (QED) is 0.803. The van der Waals surface area contributed by atoms with Gasteiger partial charge in [0.2, 0.25) is 10.0 Å². The fourth-order valence-electron chi connectivity index (χ4n) is 2.83. The molecule has 1 aliphatic rings. The first kappa shape index (κ1) is 17.9. The largest absolute Gasteiger partial charge is 0.480 e. The van der Waals surface area contributed by atoms with Crippen LogP contribution in [0.3, 0.4) is 0 Å². The Morgan fingerprint density at radius 1 is 1.31 bits per heavy atom. The first-order chi connectivity index (χ1) is 12.3. The van der Waals surface area contributed by atoms with Gasteiger partial charge in [-0.2, -0.15) is 5.10 Å². The van der Waals surface area contributed by atoms with Gasteiger partial charge in [-0.25, -0.2) is 8.42 Å². The molecule has 0 atom stereocenters. The van der Waals surface area contributed by atoms with E-state index in [1.807, 2.05) is 0 Å². The Balaban J connectivity index is 1.76. The molecule has 138 valence electrons. The predicted molar refractivity (Wildman–Crippen MR) is 94.7 cm³/mol. The zero-order valence-corrected chi connectivity index (χ0v) is 14.9. The molecule has 0 radical (unpaired) electrons. The summed E-state index contributed by atoms with van der Waals surface area (Å²) in [6, 6.07) is 6.35. The number of carboxylic acid groups (broad SMARTS) is 1. The van der Waals surface area contributed by atoms with E-state index < -0.39 is 21.9 Å². The van der Waals surface area contributed by atoms with Crippen molar-refractivity contribution >= 4 is 33.4 Å². The molecule has 1 fully saturated rings. The Kier molecular flexibility index (Phi) is 4.68. The summed E-state index contributed by atoms with van der Waals surface area (Å²) in [5.74, 6) is -1.07. The average molecular weight is 378 g/mol. The van der Waals surface area contributed by atoms with E-state index in [1.165, 1.54) is 21.3 Å². The van der Waals surface area contributed by atoms with Gasteiger partial charge in [0.05, 0.1) is 11.4 Å². The number of hydrogen-bond donors (Lipinski definition) is 2. The lowest BCUT2D eigenvalue weighted by Gasteiger charge is -2.18. The Bertz CT molecular complexity index is 967. The summed E-state index contributed by atoms with van der Waals surface area (Å²) in [5.41, 5.74) is 1.56. The zero-order valence-electron chi connectivity index (χ0n) is 14.0. The normalized spacial score (nSPS) is 15.8. The second-order valence-electron chi connectivity index (χ2n) is 5.99. The van der Waals surface area contributed by atoms with E-state index in [2.05, 4.69) is 10.4 Å². The van der Waals surface area contributed by atoms with Crippen molar-refractivity contribution in [1.82, 2.24) is 9.78 Å². The predicted octanol–water partition coefficient (Wildman–Crippen LogP) is 1.07. The summed E-state index contributed by atoms with van der Waals surface area (Å²) >= 11 is 0. The van der Waals surface area contributed by atoms with Gasteiger partial charge in [-0.15, -0.1) is 0 Å². The van der Waals surface area contributed by atoms with Crippen molar-refractivity contribution in [3.8, 4) is 0 Å². The summed E-state index contributed by atoms with van der Waals surface area (Å²) in [4.78, 5) is 23.1. The summed E-state index contributed by atoms with van der Waals surface area (Å²) in [7, 11) is -3.27. The summed E-state index contributed by atoms with van der Waals surface area (Å²) < 4.78 is 26.6. The number of aliphatic carboxylic acids is 1. The van der Waals surface area contributed by atoms with Crippen LogP contribution in [-0.2, 0) is 21.4 Å². The molecule has 26 heavy (non-hydrogen) atoms. The third-order valence-corrected chi connectivity index (χ3v) is 5.89. The second kappa shape index (κ2) is 6.79. The highest BCUT2D eigenvalue weighted by Crippen LogP contribution is 2.26. The molecule has 10 heteroatoms. The van der Waals surface area contributed by atoms with Crippen LogP contribution in [0.15, 0.2) is 30.5 Å². The number of nitrogens with zero attached hydrogens (tertiary/aromatic N) is 3. The minimum Gasteiger partial charge on any atom is -0.480 e. The van der Waals surface area contributed by atoms with Gasteiger partial charge in [-0.1, -0.05) is 0 Å². The maximum Gasteiger partial charge on any atom is 0.325 e. The lowest BCUT2D eigenvalue weighted by molar-refractivity contribution is -0.137. The molecule has 0 spiro atoms. The highest BCUT2D eigenvalue weighted by Gasteiger charge is 2.28. The van der Waals surface area contributed by atoms with Gasteiger partial charge in [0.15, 0.2) is 5.82 Å². The molecular formula is C16H18N4O5S. The van der Waals surface area contributed by atoms with Gasteiger partial charge in [0.25, 0.3) is 5.91 Å². The maximum absolute atomic E-state index is 12.4. The van der Waals surface area contributed by atoms with Crippen molar-refractivity contribution in [2.75, 3.05) is 21.9 Å². The molecule has 0 bridgehead atoms. The molecule has 0 aliphatic carbocycles. The number of carboxylic acids is 1. The molecule has 2 N–H and O–H groups in total. The number of benzene rings is 1. The van der Waals surface area contributed by atoms with Crippen molar-refractivity contribution < 1.29 is 23.1 Å². The number of carbonyl (C=O) groups is 2. The molecule has 9 nitrogen and oxygen atoms in total. The number of amides is 1. The zero-order chi connectivity index (χ0) is 18.9. The van der Waals surface area contributed by atoms with Crippen LogP contribution in [0.4, 0.5) is 11.5 Å². The minimum absolute atomic E-state index is 0.132. The smallest absolute Gasteiger partial charge is 0.325 e. The maximum atomic E-state index is 12.4. The van der Waals surface area contributed by atoms with Crippen LogP contribution in [0.2, 0.25) is 0 Å². The first-order valence-corrected chi connectivity index (χ1v) is 9.55. The monoisotopic (exact) mass is 378 g/mol. The van der Waals surface area contributed by atoms with Gasteiger partial charge >= 0.3 is 5.97 Å². The van der Waals surface area contributed by atoms with Crippen LogP contribution < -0.4 is 9.62 Å². The number of aryl methyl sites for hydroxylation is 1. The standard InChI is InChI=1S/C16H18N4O5S/c1-11-9-12(20-6-2-8-26(20,24)25)3-4-13(11)16(23)17-14-5-7-19(18-14)10-15(21)22/h3-5,7,9H,2,6,8,10H2,1H3,(H,21,22)(H,17,18,23). The molecule has 0 unspecified atom stereocenters. The SMILES string of the molecule is Cc1cc(N2CCCS2(=O)=O)ccc1C(=O)Nc1ccn(CC(=O)O)n1. The van der Waals surface area contributed by atoms with E-state index in [-0.39, 0.29) is 18.1 Å². The Labute approximate surface area is 150 Å². The van der Waals surface area contributed by atoms with E-state index in [1.54, 1.807) is 25.1 Å². The fraction of sp³-hybridized carbons (Fsp3) is 0.312. The Morgan fingerprint density at radius 2 is 2.08 bits per heavy atom. The number of sulfonamides is 1. The average Bonchev–Trinajstić information content (AvgIpc) is 3.12. The van der Waals surface area contributed by atoms with Crippen LogP contribution in [0, 0.1) is 6.92 Å². The van der Waals surface area contributed by atoms with Gasteiger partial charge in [-0.05, 0) is 37.1 Å². The number of anilines is 2. The fourth-order valence-corrected chi connectivity index (χ4v) is 4.38. The van der Waals surface area contributed by atoms with Crippen molar-refractivity contribution in [3.63, 3.8) is 0 Å². The third-order valence-electron chi connectivity index (χ3n) is 4.02. The molecule has 1 aromatic heterocycles. The van der Waals surface area contributed by atoms with Crippen LogP contribution >= 0.6 is 0 Å². The molecule has 2 heterocycles. The second-order valence-corrected chi connectivity index (χ2v) is 8.00. The lowest BCUT2D eigenvalue weighted by Crippen LogP contribution is -2.25. The van der Waals surface area contributed by atoms with Crippen molar-refractivity contribution in [2.24, 2.45) is 0 Å². The van der Waals surface area contributed by atoms with Gasteiger partial charge < -0.3 is 10.4 Å². The van der Waals surface area contributed by atoms with Gasteiger partial charge in [-0.3, -0.25) is 18.6 Å². The molecule has 0 saturated carbocycles. The first-order valence-electron chi connectivity index (χ1n) is 7.94. The number of aromatic nitrogens is 2.